The van der Waals surface area contributed by atoms with Crippen LogP contribution >= 0.6 is 11.3 Å². The van der Waals surface area contributed by atoms with E-state index < -0.39 is 10.0 Å². The Kier molecular flexibility index (Phi) is 5.80. The summed E-state index contributed by atoms with van der Waals surface area (Å²) in [7, 11) is 1.05. The molecule has 0 atom stereocenters. The van der Waals surface area contributed by atoms with Gasteiger partial charge in [-0.15, -0.1) is 11.3 Å². The summed E-state index contributed by atoms with van der Waals surface area (Å²) in [6.07, 6.45) is 0.510. The Balaban J connectivity index is 2.06. The second-order valence-corrected chi connectivity index (χ2v) is 7.15. The van der Waals surface area contributed by atoms with Crippen LogP contribution in [0.1, 0.15) is 5.69 Å². The van der Waals surface area contributed by atoms with Gasteiger partial charge in [0.15, 0.2) is 5.13 Å². The van der Waals surface area contributed by atoms with Gasteiger partial charge in [-0.3, -0.25) is 0 Å². The quantitative estimate of drug-likeness (QED) is 0.748. The zero-order valence-corrected chi connectivity index (χ0v) is 14.8. The van der Waals surface area contributed by atoms with Gasteiger partial charge in [-0.1, -0.05) is 0 Å². The molecule has 2 N–H and O–H groups in total. The Morgan fingerprint density at radius 3 is 2.65 bits per heavy atom. The summed E-state index contributed by atoms with van der Waals surface area (Å²) in [5.41, 5.74) is 0.837. The molecule has 1 heterocycles. The number of sulfonamides is 1. The predicted molar refractivity (Wildman–Crippen MR) is 90.1 cm³/mol. The molecule has 0 aliphatic heterocycles. The zero-order chi connectivity index (χ0) is 16.9. The van der Waals surface area contributed by atoms with Crippen LogP contribution < -0.4 is 19.5 Å². The summed E-state index contributed by atoms with van der Waals surface area (Å²) in [6.45, 7) is 0.254. The molecule has 0 amide bonds. The number of thiazole rings is 1. The summed E-state index contributed by atoms with van der Waals surface area (Å²) in [4.78, 5) is 4.39. The van der Waals surface area contributed by atoms with Crippen molar-refractivity contribution in [2.24, 2.45) is 0 Å². The lowest BCUT2D eigenvalue weighted by Gasteiger charge is -2.11. The third kappa shape index (κ3) is 4.34. The number of nitrogens with one attached hydrogen (secondary N) is 2. The van der Waals surface area contributed by atoms with Gasteiger partial charge in [0.1, 0.15) is 16.4 Å². The van der Waals surface area contributed by atoms with Gasteiger partial charge >= 0.3 is 0 Å². The number of methoxy groups -OCH3 is 2. The molecule has 0 bridgehead atoms. The van der Waals surface area contributed by atoms with Gasteiger partial charge in [-0.25, -0.2) is 18.1 Å². The van der Waals surface area contributed by atoms with Crippen LogP contribution in [-0.2, 0) is 16.4 Å². The number of nitrogens with zero attached hydrogens (tertiary/aromatic N) is 1. The van der Waals surface area contributed by atoms with Crippen molar-refractivity contribution in [3.05, 3.63) is 29.3 Å². The molecule has 2 rings (SSSR count). The average molecular weight is 357 g/mol. The Hall–Kier alpha value is -1.84. The summed E-state index contributed by atoms with van der Waals surface area (Å²) in [5, 5.41) is 5.65. The van der Waals surface area contributed by atoms with E-state index in [4.69, 9.17) is 9.47 Å². The lowest BCUT2D eigenvalue weighted by Crippen LogP contribution is -2.26. The molecule has 0 radical (unpaired) electrons. The van der Waals surface area contributed by atoms with E-state index in [-0.39, 0.29) is 17.2 Å². The highest BCUT2D eigenvalue weighted by molar-refractivity contribution is 7.89. The molecule has 0 saturated carbocycles. The van der Waals surface area contributed by atoms with E-state index in [1.165, 1.54) is 37.7 Å². The SMILES string of the molecule is CNc1nc(CCNS(=O)(=O)c2ccc(OC)cc2OC)cs1. The van der Waals surface area contributed by atoms with Gasteiger partial charge < -0.3 is 14.8 Å². The third-order valence-electron chi connectivity index (χ3n) is 3.10. The van der Waals surface area contributed by atoms with Crippen LogP contribution in [0.2, 0.25) is 0 Å². The highest BCUT2D eigenvalue weighted by Crippen LogP contribution is 2.28. The fourth-order valence-corrected chi connectivity index (χ4v) is 3.81. The monoisotopic (exact) mass is 357 g/mol. The molecular formula is C14H19N3O4S2. The summed E-state index contributed by atoms with van der Waals surface area (Å²) in [5.74, 6) is 0.769. The van der Waals surface area contributed by atoms with E-state index in [1.807, 2.05) is 5.38 Å². The van der Waals surface area contributed by atoms with Gasteiger partial charge in [-0.05, 0) is 12.1 Å². The maximum Gasteiger partial charge on any atom is 0.244 e. The first kappa shape index (κ1) is 17.5. The minimum atomic E-state index is -3.67. The van der Waals surface area contributed by atoms with E-state index in [1.54, 1.807) is 13.1 Å². The second kappa shape index (κ2) is 7.62. The van der Waals surface area contributed by atoms with E-state index in [0.717, 1.165) is 10.8 Å². The molecule has 126 valence electrons. The number of ether oxygens (including phenoxy) is 2. The highest BCUT2D eigenvalue weighted by atomic mass is 32.2. The number of benzene rings is 1. The number of rotatable bonds is 8. The fraction of sp³-hybridized carbons (Fsp3) is 0.357. The highest BCUT2D eigenvalue weighted by Gasteiger charge is 2.19. The predicted octanol–water partition coefficient (Wildman–Crippen LogP) is 1.72. The molecule has 0 aliphatic carbocycles. The lowest BCUT2D eigenvalue weighted by molar-refractivity contribution is 0.386. The molecule has 1 aromatic carbocycles. The summed E-state index contributed by atoms with van der Waals surface area (Å²) in [6, 6.07) is 4.58. The number of hydrogen-bond donors (Lipinski definition) is 2. The van der Waals surface area contributed by atoms with Gasteiger partial charge in [0, 0.05) is 31.5 Å². The van der Waals surface area contributed by atoms with Crippen LogP contribution in [-0.4, -0.2) is 41.2 Å². The Morgan fingerprint density at radius 2 is 2.04 bits per heavy atom. The average Bonchev–Trinajstić information content (AvgIpc) is 3.02. The maximum absolute atomic E-state index is 12.4. The van der Waals surface area contributed by atoms with E-state index in [2.05, 4.69) is 15.0 Å². The minimum absolute atomic E-state index is 0.0787. The van der Waals surface area contributed by atoms with Crippen molar-refractivity contribution >= 4 is 26.5 Å². The number of anilines is 1. The van der Waals surface area contributed by atoms with Gasteiger partial charge in [0.2, 0.25) is 10.0 Å². The lowest BCUT2D eigenvalue weighted by atomic mass is 10.3. The third-order valence-corrected chi connectivity index (χ3v) is 5.51. The number of aromatic nitrogens is 1. The molecule has 23 heavy (non-hydrogen) atoms. The molecule has 2 aromatic rings. The van der Waals surface area contributed by atoms with Crippen molar-refractivity contribution in [3.8, 4) is 11.5 Å². The molecule has 7 nitrogen and oxygen atoms in total. The van der Waals surface area contributed by atoms with Crippen LogP contribution in [0.3, 0.4) is 0 Å². The van der Waals surface area contributed by atoms with E-state index in [0.29, 0.717) is 12.2 Å². The standard InChI is InChI=1S/C14H19N3O4S2/c1-15-14-17-10(9-22-14)6-7-16-23(18,19)13-5-4-11(20-2)8-12(13)21-3/h4-5,8-9,16H,6-7H2,1-3H3,(H,15,17). The second-order valence-electron chi connectivity index (χ2n) is 4.56. The molecule has 9 heteroatoms. The van der Waals surface area contributed by atoms with Gasteiger partial charge in [0.25, 0.3) is 0 Å². The molecule has 0 unspecified atom stereocenters. The van der Waals surface area contributed by atoms with Crippen LogP contribution in [0, 0.1) is 0 Å². The Morgan fingerprint density at radius 1 is 1.26 bits per heavy atom. The summed E-state index contributed by atoms with van der Waals surface area (Å²) >= 11 is 1.48. The first-order valence-corrected chi connectivity index (χ1v) is 9.20. The topological polar surface area (TPSA) is 89.6 Å². The molecule has 1 aromatic heterocycles. The van der Waals surface area contributed by atoms with Crippen LogP contribution in [0.5, 0.6) is 11.5 Å². The molecule has 0 fully saturated rings. The maximum atomic E-state index is 12.4. The smallest absolute Gasteiger partial charge is 0.244 e. The minimum Gasteiger partial charge on any atom is -0.497 e. The van der Waals surface area contributed by atoms with E-state index in [9.17, 15) is 8.42 Å². The van der Waals surface area contributed by atoms with Crippen molar-refractivity contribution in [2.45, 2.75) is 11.3 Å². The largest absolute Gasteiger partial charge is 0.497 e. The first-order chi connectivity index (χ1) is 11.0. The van der Waals surface area contributed by atoms with Crippen molar-refractivity contribution in [3.63, 3.8) is 0 Å². The molecular weight excluding hydrogens is 338 g/mol. The van der Waals surface area contributed by atoms with Crippen molar-refractivity contribution in [1.82, 2.24) is 9.71 Å². The first-order valence-electron chi connectivity index (χ1n) is 6.84. The van der Waals surface area contributed by atoms with Crippen LogP contribution in [0.25, 0.3) is 0 Å². The Bertz CT molecular complexity index is 759. The van der Waals surface area contributed by atoms with Crippen molar-refractivity contribution < 1.29 is 17.9 Å². The van der Waals surface area contributed by atoms with Gasteiger partial charge in [-0.2, -0.15) is 0 Å². The van der Waals surface area contributed by atoms with Crippen molar-refractivity contribution in [2.75, 3.05) is 33.1 Å². The molecule has 0 aliphatic rings. The summed E-state index contributed by atoms with van der Waals surface area (Å²) < 4.78 is 37.6. The fourth-order valence-electron chi connectivity index (χ4n) is 1.92. The Labute approximate surface area is 139 Å². The number of hydrogen-bond acceptors (Lipinski definition) is 7. The van der Waals surface area contributed by atoms with Crippen molar-refractivity contribution in [1.29, 1.82) is 0 Å². The zero-order valence-electron chi connectivity index (χ0n) is 13.1. The van der Waals surface area contributed by atoms with Crippen LogP contribution in [0.4, 0.5) is 5.13 Å². The van der Waals surface area contributed by atoms with Gasteiger partial charge in [0.05, 0.1) is 19.9 Å². The normalized spacial score (nSPS) is 11.3. The van der Waals surface area contributed by atoms with Crippen LogP contribution in [0.15, 0.2) is 28.5 Å². The molecule has 0 spiro atoms. The molecule has 0 saturated heterocycles. The van der Waals surface area contributed by atoms with E-state index >= 15 is 0 Å².